The van der Waals surface area contributed by atoms with E-state index in [0.29, 0.717) is 12.1 Å². The smallest absolute Gasteiger partial charge is 0.0991 e. The van der Waals surface area contributed by atoms with Crippen molar-refractivity contribution in [3.8, 4) is 18.2 Å². The molecule has 0 saturated heterocycles. The summed E-state index contributed by atoms with van der Waals surface area (Å²) in [7, 11) is 0. The predicted octanol–water partition coefficient (Wildman–Crippen LogP) is 1.41. The molecule has 1 rings (SSSR count). The van der Waals surface area contributed by atoms with Crippen LogP contribution in [-0.2, 0) is 6.54 Å². The van der Waals surface area contributed by atoms with E-state index in [2.05, 4.69) is 6.07 Å². The molecule has 4 heteroatoms. The fourth-order valence-electron chi connectivity index (χ4n) is 1.37. The van der Waals surface area contributed by atoms with Crippen molar-refractivity contribution in [3.05, 3.63) is 35.4 Å². The van der Waals surface area contributed by atoms with Gasteiger partial charge in [-0.25, -0.2) is 0 Å². The van der Waals surface area contributed by atoms with Crippen molar-refractivity contribution in [2.24, 2.45) is 0 Å². The first-order chi connectivity index (χ1) is 7.80. The van der Waals surface area contributed by atoms with Crippen molar-refractivity contribution >= 4 is 0 Å². The molecule has 0 spiro atoms. The van der Waals surface area contributed by atoms with Crippen LogP contribution < -0.4 is 0 Å². The van der Waals surface area contributed by atoms with Crippen LogP contribution in [0.3, 0.4) is 0 Å². The Hall–Kier alpha value is -2.35. The Labute approximate surface area is 94.6 Å². The average molecular weight is 210 g/mol. The van der Waals surface area contributed by atoms with E-state index in [9.17, 15) is 0 Å². The van der Waals surface area contributed by atoms with Gasteiger partial charge in [0.2, 0.25) is 0 Å². The summed E-state index contributed by atoms with van der Waals surface area (Å²) in [4.78, 5) is 1.72. The molecule has 0 amide bonds. The third kappa shape index (κ3) is 3.42. The Balaban J connectivity index is 2.74. The van der Waals surface area contributed by atoms with Crippen molar-refractivity contribution in [2.45, 2.75) is 6.54 Å². The fraction of sp³-hybridized carbons (Fsp3) is 0.250. The Bertz CT molecular complexity index is 457. The highest BCUT2D eigenvalue weighted by Crippen LogP contribution is 2.07. The second kappa shape index (κ2) is 6.19. The number of nitriles is 3. The molecule has 1 aromatic carbocycles. The van der Waals surface area contributed by atoms with Crippen molar-refractivity contribution in [3.63, 3.8) is 0 Å². The third-order valence-electron chi connectivity index (χ3n) is 2.05. The lowest BCUT2D eigenvalue weighted by molar-refractivity contribution is 0.335. The minimum Gasteiger partial charge on any atom is -0.273 e. The number of nitrogens with zero attached hydrogens (tertiary/aromatic N) is 4. The fourth-order valence-corrected chi connectivity index (χ4v) is 1.37. The molecule has 0 unspecified atom stereocenters. The van der Waals surface area contributed by atoms with E-state index >= 15 is 0 Å². The van der Waals surface area contributed by atoms with E-state index < -0.39 is 0 Å². The topological polar surface area (TPSA) is 74.6 Å². The number of hydrogen-bond acceptors (Lipinski definition) is 4. The zero-order valence-electron chi connectivity index (χ0n) is 8.72. The molecule has 4 nitrogen and oxygen atoms in total. The van der Waals surface area contributed by atoms with Crippen LogP contribution in [0.1, 0.15) is 11.1 Å². The van der Waals surface area contributed by atoms with Crippen molar-refractivity contribution in [1.29, 1.82) is 15.8 Å². The average Bonchev–Trinajstić information content (AvgIpc) is 2.30. The van der Waals surface area contributed by atoms with Gasteiger partial charge in [0.15, 0.2) is 0 Å². The zero-order valence-corrected chi connectivity index (χ0v) is 8.72. The second-order valence-electron chi connectivity index (χ2n) is 3.27. The molecule has 0 fully saturated rings. The van der Waals surface area contributed by atoms with Crippen molar-refractivity contribution < 1.29 is 0 Å². The summed E-state index contributed by atoms with van der Waals surface area (Å²) in [6, 6.07) is 13.2. The lowest BCUT2D eigenvalue weighted by Gasteiger charge is -2.14. The standard InChI is InChI=1S/C12H10N4/c13-4-6-16(7-5-14)10-12-3-1-2-11(8-12)9-15/h1-3,8H,6-7,10H2. The number of benzene rings is 1. The summed E-state index contributed by atoms with van der Waals surface area (Å²) in [6.45, 7) is 0.936. The highest BCUT2D eigenvalue weighted by molar-refractivity contribution is 5.32. The van der Waals surface area contributed by atoms with Gasteiger partial charge in [-0.3, -0.25) is 4.90 Å². The molecular formula is C12H10N4. The van der Waals surface area contributed by atoms with E-state index in [1.54, 1.807) is 23.1 Å². The van der Waals surface area contributed by atoms with E-state index in [-0.39, 0.29) is 13.1 Å². The lowest BCUT2D eigenvalue weighted by Crippen LogP contribution is -2.23. The van der Waals surface area contributed by atoms with Gasteiger partial charge in [-0.2, -0.15) is 15.8 Å². The van der Waals surface area contributed by atoms with Crippen molar-refractivity contribution in [1.82, 2.24) is 4.90 Å². The van der Waals surface area contributed by atoms with Crippen LogP contribution in [-0.4, -0.2) is 18.0 Å². The molecule has 0 aliphatic carbocycles. The molecule has 1 aromatic rings. The van der Waals surface area contributed by atoms with E-state index in [4.69, 9.17) is 15.8 Å². The van der Waals surface area contributed by atoms with Crippen LogP contribution in [0.25, 0.3) is 0 Å². The molecule has 0 N–H and O–H groups in total. The van der Waals surface area contributed by atoms with Crippen molar-refractivity contribution in [2.75, 3.05) is 13.1 Å². The minimum absolute atomic E-state index is 0.213. The summed E-state index contributed by atoms with van der Waals surface area (Å²) >= 11 is 0. The van der Waals surface area contributed by atoms with Gasteiger partial charge in [-0.1, -0.05) is 12.1 Å². The molecule has 0 aliphatic heterocycles. The monoisotopic (exact) mass is 210 g/mol. The summed E-state index contributed by atoms with van der Waals surface area (Å²) in [5.74, 6) is 0. The molecule has 0 heterocycles. The largest absolute Gasteiger partial charge is 0.273 e. The van der Waals surface area contributed by atoms with Crippen LogP contribution in [0.4, 0.5) is 0 Å². The summed E-state index contributed by atoms with van der Waals surface area (Å²) in [6.07, 6.45) is 0. The Morgan fingerprint density at radius 2 is 1.75 bits per heavy atom. The normalized spacial score (nSPS) is 9.12. The molecule has 0 aromatic heterocycles. The van der Waals surface area contributed by atoms with Gasteiger partial charge in [0.25, 0.3) is 0 Å². The highest BCUT2D eigenvalue weighted by atomic mass is 15.1. The molecule has 0 saturated carbocycles. The first-order valence-corrected chi connectivity index (χ1v) is 4.75. The quantitative estimate of drug-likeness (QED) is 0.704. The van der Waals surface area contributed by atoms with Gasteiger partial charge >= 0.3 is 0 Å². The molecule has 78 valence electrons. The van der Waals surface area contributed by atoms with Crippen LogP contribution in [0, 0.1) is 34.0 Å². The molecule has 0 radical (unpaired) electrons. The van der Waals surface area contributed by atoms with Crippen LogP contribution in [0.15, 0.2) is 24.3 Å². The van der Waals surface area contributed by atoms with Crippen LogP contribution in [0.5, 0.6) is 0 Å². The molecular weight excluding hydrogens is 200 g/mol. The SMILES string of the molecule is N#CCN(CC#N)Cc1cccc(C#N)c1. The lowest BCUT2D eigenvalue weighted by atomic mass is 10.1. The Morgan fingerprint density at radius 3 is 2.31 bits per heavy atom. The Kier molecular flexibility index (Phi) is 4.54. The highest BCUT2D eigenvalue weighted by Gasteiger charge is 2.05. The van der Waals surface area contributed by atoms with E-state index in [1.807, 2.05) is 18.2 Å². The maximum Gasteiger partial charge on any atom is 0.0991 e. The minimum atomic E-state index is 0.213. The van der Waals surface area contributed by atoms with Gasteiger partial charge in [-0.15, -0.1) is 0 Å². The van der Waals surface area contributed by atoms with E-state index in [0.717, 1.165) is 5.56 Å². The van der Waals surface area contributed by atoms with Gasteiger partial charge in [0, 0.05) is 6.54 Å². The molecule has 0 atom stereocenters. The van der Waals surface area contributed by atoms with E-state index in [1.165, 1.54) is 0 Å². The summed E-state index contributed by atoms with van der Waals surface area (Å²) in [5, 5.41) is 25.9. The van der Waals surface area contributed by atoms with Gasteiger partial charge < -0.3 is 0 Å². The summed E-state index contributed by atoms with van der Waals surface area (Å²) < 4.78 is 0. The predicted molar refractivity (Wildman–Crippen MR) is 57.7 cm³/mol. The maximum absolute atomic E-state index is 8.73. The summed E-state index contributed by atoms with van der Waals surface area (Å²) in [5.41, 5.74) is 1.52. The molecule has 0 aliphatic rings. The second-order valence-corrected chi connectivity index (χ2v) is 3.27. The zero-order chi connectivity index (χ0) is 11.8. The van der Waals surface area contributed by atoms with Gasteiger partial charge in [-0.05, 0) is 17.7 Å². The molecule has 0 bridgehead atoms. The van der Waals surface area contributed by atoms with Gasteiger partial charge in [0.05, 0.1) is 36.9 Å². The third-order valence-corrected chi connectivity index (χ3v) is 2.05. The van der Waals surface area contributed by atoms with Gasteiger partial charge in [0.1, 0.15) is 0 Å². The maximum atomic E-state index is 8.73. The molecule has 16 heavy (non-hydrogen) atoms. The van der Waals surface area contributed by atoms with Crippen LogP contribution >= 0.6 is 0 Å². The van der Waals surface area contributed by atoms with Crippen LogP contribution in [0.2, 0.25) is 0 Å². The first kappa shape index (κ1) is 11.7. The Morgan fingerprint density at radius 1 is 1.06 bits per heavy atom. The number of hydrogen-bond donors (Lipinski definition) is 0. The first-order valence-electron chi connectivity index (χ1n) is 4.75. The number of rotatable bonds is 4.